The zero-order chi connectivity index (χ0) is 28.4. The van der Waals surface area contributed by atoms with E-state index in [1.807, 2.05) is 24.4 Å². The summed E-state index contributed by atoms with van der Waals surface area (Å²) in [5.41, 5.74) is 2.68. The van der Waals surface area contributed by atoms with Crippen LogP contribution in [-0.4, -0.2) is 59.2 Å². The fourth-order valence-electron chi connectivity index (χ4n) is 5.09. The van der Waals surface area contributed by atoms with Gasteiger partial charge in [-0.2, -0.15) is 0 Å². The number of aliphatic hydroxyl groups excluding tert-OH is 1. The van der Waals surface area contributed by atoms with Crippen LogP contribution in [-0.2, 0) is 16.0 Å². The van der Waals surface area contributed by atoms with Gasteiger partial charge in [-0.15, -0.1) is 0 Å². The molecule has 1 aliphatic rings. The Labute approximate surface area is 231 Å². The molecule has 0 aliphatic carbocycles. The van der Waals surface area contributed by atoms with Gasteiger partial charge >= 0.3 is 0 Å². The summed E-state index contributed by atoms with van der Waals surface area (Å²) in [7, 11) is 3.10. The normalized spacial score (nSPS) is 16.5. The number of Topliss-reactive ketones (excluding diaryl/α,β-unsaturated/α-hetero) is 1. The first-order valence-electron chi connectivity index (χ1n) is 12.9. The second kappa shape index (κ2) is 11.1. The van der Waals surface area contributed by atoms with Crippen molar-refractivity contribution in [3.05, 3.63) is 89.1 Å². The van der Waals surface area contributed by atoms with Crippen molar-refractivity contribution in [2.24, 2.45) is 0 Å². The molecule has 1 aromatic heterocycles. The largest absolute Gasteiger partial charge is 0.507 e. The number of nitrogens with one attached hydrogen (secondary N) is 1. The van der Waals surface area contributed by atoms with Crippen molar-refractivity contribution < 1.29 is 34.0 Å². The summed E-state index contributed by atoms with van der Waals surface area (Å²) in [6.07, 6.45) is 2.31. The third-order valence-corrected chi connectivity index (χ3v) is 7.08. The fraction of sp³-hybridized carbons (Fsp3) is 0.226. The minimum Gasteiger partial charge on any atom is -0.507 e. The van der Waals surface area contributed by atoms with Crippen LogP contribution in [0.4, 0.5) is 0 Å². The van der Waals surface area contributed by atoms with Crippen molar-refractivity contribution in [2.75, 3.05) is 27.4 Å². The number of aromatic amines is 1. The molecule has 1 atom stereocenters. The Morgan fingerprint density at radius 1 is 1.00 bits per heavy atom. The zero-order valence-corrected chi connectivity index (χ0v) is 22.4. The molecule has 0 spiro atoms. The van der Waals surface area contributed by atoms with E-state index in [-0.39, 0.29) is 29.4 Å². The molecule has 4 aromatic rings. The van der Waals surface area contributed by atoms with E-state index in [1.165, 1.54) is 18.1 Å². The van der Waals surface area contributed by atoms with Gasteiger partial charge in [0.05, 0.1) is 32.4 Å². The molecule has 40 heavy (non-hydrogen) atoms. The van der Waals surface area contributed by atoms with Crippen molar-refractivity contribution in [3.8, 4) is 23.0 Å². The number of phenols is 1. The third kappa shape index (κ3) is 4.82. The molecule has 9 heteroatoms. The number of ether oxygens (including phenoxy) is 3. The monoisotopic (exact) mass is 542 g/mol. The van der Waals surface area contributed by atoms with Crippen LogP contribution < -0.4 is 14.2 Å². The number of fused-ring (bicyclic) bond motifs is 1. The van der Waals surface area contributed by atoms with Crippen LogP contribution in [0.3, 0.4) is 0 Å². The molecule has 0 bridgehead atoms. The van der Waals surface area contributed by atoms with E-state index in [4.69, 9.17) is 14.2 Å². The molecule has 2 heterocycles. The van der Waals surface area contributed by atoms with Gasteiger partial charge in [-0.1, -0.05) is 18.2 Å². The minimum absolute atomic E-state index is 0.0491. The highest BCUT2D eigenvalue weighted by atomic mass is 16.5. The molecule has 0 unspecified atom stereocenters. The molecule has 9 nitrogen and oxygen atoms in total. The molecular weight excluding hydrogens is 512 g/mol. The highest BCUT2D eigenvalue weighted by molar-refractivity contribution is 6.46. The SMILES string of the molecule is CCOc1cc([C@@H]2C(=C(O)c3cccc(OC)c3)C(=O)C(=O)N2CCc2c[nH]c3ccc(OC)cc23)ccc1O. The Kier molecular flexibility index (Phi) is 7.37. The van der Waals surface area contributed by atoms with E-state index in [0.717, 1.165) is 16.5 Å². The number of aliphatic hydroxyl groups is 1. The molecule has 0 saturated carbocycles. The lowest BCUT2D eigenvalue weighted by Crippen LogP contribution is -2.31. The first-order chi connectivity index (χ1) is 19.4. The molecule has 1 fully saturated rings. The van der Waals surface area contributed by atoms with E-state index >= 15 is 0 Å². The van der Waals surface area contributed by atoms with Crippen molar-refractivity contribution in [3.63, 3.8) is 0 Å². The van der Waals surface area contributed by atoms with Crippen molar-refractivity contribution in [1.29, 1.82) is 0 Å². The number of aromatic hydroxyl groups is 1. The predicted molar refractivity (Wildman–Crippen MR) is 150 cm³/mol. The average molecular weight is 543 g/mol. The number of ketones is 1. The standard InChI is InChI=1S/C31H30N2O7/c1-4-40-26-15-18(8-11-25(26)34)28-27(29(35)19-6-5-7-21(14-19)38-2)30(36)31(37)33(28)13-12-20-17-32-24-10-9-22(39-3)16-23(20)24/h5-11,14-17,28,32,34-35H,4,12-13H2,1-3H3/t28-/m1/s1. The minimum atomic E-state index is -0.911. The van der Waals surface area contributed by atoms with Gasteiger partial charge in [0.1, 0.15) is 17.3 Å². The van der Waals surface area contributed by atoms with E-state index in [2.05, 4.69) is 4.98 Å². The number of benzene rings is 3. The van der Waals surface area contributed by atoms with Gasteiger partial charge in [0.25, 0.3) is 11.7 Å². The molecule has 3 N–H and O–H groups in total. The van der Waals surface area contributed by atoms with Gasteiger partial charge in [-0.3, -0.25) is 9.59 Å². The number of amides is 1. The summed E-state index contributed by atoms with van der Waals surface area (Å²) in [6.45, 7) is 2.29. The van der Waals surface area contributed by atoms with E-state index in [0.29, 0.717) is 35.7 Å². The molecule has 1 amide bonds. The number of hydrogen-bond donors (Lipinski definition) is 3. The first-order valence-corrected chi connectivity index (χ1v) is 12.9. The number of nitrogens with zero attached hydrogens (tertiary/aromatic N) is 1. The topological polar surface area (TPSA) is 121 Å². The van der Waals surface area contributed by atoms with Crippen LogP contribution in [0.5, 0.6) is 23.0 Å². The van der Waals surface area contributed by atoms with Crippen LogP contribution in [0.1, 0.15) is 29.7 Å². The number of likely N-dealkylation sites (tertiary alicyclic amines) is 1. The summed E-state index contributed by atoms with van der Waals surface area (Å²) in [6, 6.07) is 16.1. The number of carbonyl (C=O) groups excluding carboxylic acids is 2. The summed E-state index contributed by atoms with van der Waals surface area (Å²) in [5, 5.41) is 22.6. The second-order valence-electron chi connectivity index (χ2n) is 9.36. The van der Waals surface area contributed by atoms with Gasteiger partial charge in [0, 0.05) is 29.2 Å². The smallest absolute Gasteiger partial charge is 0.295 e. The Morgan fingerprint density at radius 3 is 2.52 bits per heavy atom. The molecule has 0 radical (unpaired) electrons. The molecule has 5 rings (SSSR count). The molecule has 206 valence electrons. The predicted octanol–water partition coefficient (Wildman–Crippen LogP) is 4.95. The Balaban J connectivity index is 1.59. The lowest BCUT2D eigenvalue weighted by molar-refractivity contribution is -0.139. The van der Waals surface area contributed by atoms with Crippen LogP contribution in [0.15, 0.2) is 72.4 Å². The fourth-order valence-corrected chi connectivity index (χ4v) is 5.09. The maximum atomic E-state index is 13.5. The van der Waals surface area contributed by atoms with Gasteiger partial charge in [-0.05, 0) is 66.9 Å². The molecule has 1 aliphatic heterocycles. The molecule has 1 saturated heterocycles. The Morgan fingerprint density at radius 2 is 1.77 bits per heavy atom. The average Bonchev–Trinajstić information content (AvgIpc) is 3.49. The van der Waals surface area contributed by atoms with Gasteiger partial charge in [0.15, 0.2) is 11.5 Å². The van der Waals surface area contributed by atoms with E-state index < -0.39 is 17.7 Å². The summed E-state index contributed by atoms with van der Waals surface area (Å²) < 4.78 is 16.2. The van der Waals surface area contributed by atoms with Gasteiger partial charge < -0.3 is 34.3 Å². The van der Waals surface area contributed by atoms with E-state index in [1.54, 1.807) is 50.4 Å². The quantitative estimate of drug-likeness (QED) is 0.155. The summed E-state index contributed by atoms with van der Waals surface area (Å²) in [4.78, 5) is 31.6. The number of carbonyl (C=O) groups is 2. The maximum absolute atomic E-state index is 13.5. The second-order valence-corrected chi connectivity index (χ2v) is 9.36. The Bertz CT molecular complexity index is 1620. The number of rotatable bonds is 9. The third-order valence-electron chi connectivity index (χ3n) is 7.08. The van der Waals surface area contributed by atoms with Crippen molar-refractivity contribution in [2.45, 2.75) is 19.4 Å². The molecule has 3 aromatic carbocycles. The van der Waals surface area contributed by atoms with Crippen molar-refractivity contribution in [1.82, 2.24) is 9.88 Å². The first kappa shape index (κ1) is 26.7. The highest BCUT2D eigenvalue weighted by Crippen LogP contribution is 2.42. The van der Waals surface area contributed by atoms with Crippen LogP contribution >= 0.6 is 0 Å². The number of methoxy groups -OCH3 is 2. The summed E-state index contributed by atoms with van der Waals surface area (Å²) >= 11 is 0. The maximum Gasteiger partial charge on any atom is 0.295 e. The van der Waals surface area contributed by atoms with Crippen molar-refractivity contribution >= 4 is 28.4 Å². The highest BCUT2D eigenvalue weighted by Gasteiger charge is 2.46. The Hall–Kier alpha value is -4.92. The molecular formula is C31H30N2O7. The van der Waals surface area contributed by atoms with Gasteiger partial charge in [-0.25, -0.2) is 0 Å². The number of aromatic nitrogens is 1. The van der Waals surface area contributed by atoms with E-state index in [9.17, 15) is 19.8 Å². The number of H-pyrrole nitrogens is 1. The van der Waals surface area contributed by atoms with Crippen LogP contribution in [0.2, 0.25) is 0 Å². The lowest BCUT2D eigenvalue weighted by Gasteiger charge is -2.26. The lowest BCUT2D eigenvalue weighted by atomic mass is 9.94. The van der Waals surface area contributed by atoms with Crippen LogP contribution in [0, 0.1) is 0 Å². The van der Waals surface area contributed by atoms with Gasteiger partial charge in [0.2, 0.25) is 0 Å². The number of hydrogen-bond acceptors (Lipinski definition) is 7. The summed E-state index contributed by atoms with van der Waals surface area (Å²) in [5.74, 6) is -0.478. The van der Waals surface area contributed by atoms with Crippen LogP contribution in [0.25, 0.3) is 16.7 Å². The zero-order valence-electron chi connectivity index (χ0n) is 22.4. The number of phenolic OH excluding ortho intramolecular Hbond substituents is 1.